The first-order valence-corrected chi connectivity index (χ1v) is 12.8. The monoisotopic (exact) mass is 460 g/mol. The third-order valence-corrected chi connectivity index (χ3v) is 7.88. The Morgan fingerprint density at radius 3 is 2.52 bits per heavy atom. The van der Waals surface area contributed by atoms with Gasteiger partial charge in [0.15, 0.2) is 5.69 Å². The highest BCUT2D eigenvalue weighted by Gasteiger charge is 2.31. The number of benzene rings is 2. The molecule has 2 saturated heterocycles. The number of carbonyl (C=O) groups excluding carboxylic acids is 1. The van der Waals surface area contributed by atoms with Crippen molar-refractivity contribution in [3.05, 3.63) is 65.4 Å². The lowest BCUT2D eigenvalue weighted by Crippen LogP contribution is -2.41. The summed E-state index contributed by atoms with van der Waals surface area (Å²) in [7, 11) is 0. The molecule has 2 aromatic carbocycles. The first-order valence-electron chi connectivity index (χ1n) is 11.8. The molecule has 0 spiro atoms. The molecule has 0 N–H and O–H groups in total. The van der Waals surface area contributed by atoms with Crippen molar-refractivity contribution in [3.8, 4) is 16.9 Å². The number of amides is 1. The molecule has 0 aliphatic carbocycles. The molecule has 6 nitrogen and oxygen atoms in total. The second kappa shape index (κ2) is 8.97. The Labute approximate surface area is 198 Å². The van der Waals surface area contributed by atoms with Crippen LogP contribution in [0.3, 0.4) is 0 Å². The molecular formula is C26H28N4O2S. The molecule has 0 radical (unpaired) electrons. The Morgan fingerprint density at radius 2 is 1.73 bits per heavy atom. The van der Waals surface area contributed by atoms with Gasteiger partial charge in [0.25, 0.3) is 5.91 Å². The van der Waals surface area contributed by atoms with Crippen LogP contribution in [0.15, 0.2) is 53.4 Å². The summed E-state index contributed by atoms with van der Waals surface area (Å²) in [4.78, 5) is 19.1. The van der Waals surface area contributed by atoms with Crippen LogP contribution >= 0.6 is 11.8 Å². The van der Waals surface area contributed by atoms with Crippen molar-refractivity contribution in [2.24, 2.45) is 0 Å². The maximum Gasteiger partial charge on any atom is 0.274 e. The van der Waals surface area contributed by atoms with Crippen LogP contribution in [0.25, 0.3) is 16.9 Å². The zero-order valence-electron chi connectivity index (χ0n) is 18.7. The zero-order chi connectivity index (χ0) is 22.2. The smallest absolute Gasteiger partial charge is 0.274 e. The molecule has 1 aromatic heterocycles. The number of likely N-dealkylation sites (tertiary alicyclic amines) is 1. The molecule has 1 amide bonds. The third-order valence-electron chi connectivity index (χ3n) is 6.78. The van der Waals surface area contributed by atoms with Crippen molar-refractivity contribution in [1.29, 1.82) is 0 Å². The number of ether oxygens (including phenoxy) is 1. The van der Waals surface area contributed by atoms with E-state index in [2.05, 4.69) is 53.4 Å². The summed E-state index contributed by atoms with van der Waals surface area (Å²) in [6.45, 7) is 5.80. The van der Waals surface area contributed by atoms with E-state index in [0.29, 0.717) is 32.0 Å². The van der Waals surface area contributed by atoms with Crippen LogP contribution < -0.4 is 0 Å². The Balaban J connectivity index is 1.40. The predicted molar refractivity (Wildman–Crippen MR) is 130 cm³/mol. The van der Waals surface area contributed by atoms with Crippen LogP contribution in [0.1, 0.15) is 34.5 Å². The van der Waals surface area contributed by atoms with Gasteiger partial charge in [0.2, 0.25) is 0 Å². The topological polar surface area (TPSA) is 50.6 Å². The minimum absolute atomic E-state index is 0.0129. The number of carbonyl (C=O) groups is 1. The lowest BCUT2D eigenvalue weighted by molar-refractivity contribution is 0.0298. The highest BCUT2D eigenvalue weighted by atomic mass is 32.2. The van der Waals surface area contributed by atoms with Gasteiger partial charge in [0.05, 0.1) is 24.6 Å². The molecule has 3 aliphatic rings. The van der Waals surface area contributed by atoms with Gasteiger partial charge in [0.1, 0.15) is 0 Å². The SMILES string of the molecule is O=C(c1nn(-c2ccc(CN3CCCC3)cc2)c2c1CSc1ccccc1-2)N1CCOCC1. The summed E-state index contributed by atoms with van der Waals surface area (Å²) >= 11 is 1.78. The Hall–Kier alpha value is -2.61. The Bertz CT molecular complexity index is 1160. The average molecular weight is 461 g/mol. The fourth-order valence-corrected chi connectivity index (χ4v) is 6.09. The first kappa shape index (κ1) is 21.0. The standard InChI is InChI=1S/C26H28N4O2S/c31-26(29-13-15-32-16-14-29)24-22-18-33-23-6-2-1-5-21(23)25(22)30(27-24)20-9-7-19(8-10-20)17-28-11-3-4-12-28/h1-2,5-10H,3-4,11-18H2. The van der Waals surface area contributed by atoms with E-state index in [9.17, 15) is 4.79 Å². The lowest BCUT2D eigenvalue weighted by atomic mass is 10.0. The van der Waals surface area contributed by atoms with Crippen molar-refractivity contribution < 1.29 is 9.53 Å². The van der Waals surface area contributed by atoms with Crippen LogP contribution in [0.5, 0.6) is 0 Å². The minimum atomic E-state index is 0.0129. The number of hydrogen-bond donors (Lipinski definition) is 0. The van der Waals surface area contributed by atoms with Gasteiger partial charge in [-0.15, -0.1) is 11.8 Å². The van der Waals surface area contributed by atoms with Gasteiger partial charge in [-0.05, 0) is 49.7 Å². The quantitative estimate of drug-likeness (QED) is 0.584. The molecule has 7 heteroatoms. The van der Waals surface area contributed by atoms with Crippen molar-refractivity contribution in [1.82, 2.24) is 19.6 Å². The summed E-state index contributed by atoms with van der Waals surface area (Å²) in [5.74, 6) is 0.768. The van der Waals surface area contributed by atoms with E-state index in [1.54, 1.807) is 11.8 Å². The van der Waals surface area contributed by atoms with Crippen molar-refractivity contribution >= 4 is 17.7 Å². The second-order valence-electron chi connectivity index (χ2n) is 8.93. The average Bonchev–Trinajstić information content (AvgIpc) is 3.53. The molecule has 0 unspecified atom stereocenters. The second-order valence-corrected chi connectivity index (χ2v) is 9.94. The van der Waals surface area contributed by atoms with Gasteiger partial charge < -0.3 is 9.64 Å². The van der Waals surface area contributed by atoms with E-state index in [4.69, 9.17) is 9.84 Å². The first-order chi connectivity index (χ1) is 16.3. The van der Waals surface area contributed by atoms with Gasteiger partial charge in [-0.1, -0.05) is 30.3 Å². The molecule has 0 atom stereocenters. The van der Waals surface area contributed by atoms with Crippen molar-refractivity contribution in [3.63, 3.8) is 0 Å². The number of thioether (sulfide) groups is 1. The Kier molecular flexibility index (Phi) is 5.70. The number of aromatic nitrogens is 2. The number of rotatable bonds is 4. The molecule has 6 rings (SSSR count). The van der Waals surface area contributed by atoms with E-state index >= 15 is 0 Å². The fourth-order valence-electron chi connectivity index (χ4n) is 5.02. The highest BCUT2D eigenvalue weighted by molar-refractivity contribution is 7.98. The van der Waals surface area contributed by atoms with Crippen LogP contribution in [-0.4, -0.2) is 64.9 Å². The van der Waals surface area contributed by atoms with E-state index in [-0.39, 0.29) is 5.91 Å². The van der Waals surface area contributed by atoms with Crippen LogP contribution in [0.4, 0.5) is 0 Å². The molecule has 170 valence electrons. The lowest BCUT2D eigenvalue weighted by Gasteiger charge is -2.26. The molecule has 33 heavy (non-hydrogen) atoms. The molecular weight excluding hydrogens is 432 g/mol. The molecule has 4 heterocycles. The van der Waals surface area contributed by atoms with Crippen LogP contribution in [0.2, 0.25) is 0 Å². The van der Waals surface area contributed by atoms with E-state index in [0.717, 1.165) is 34.8 Å². The largest absolute Gasteiger partial charge is 0.378 e. The van der Waals surface area contributed by atoms with Gasteiger partial charge in [0, 0.05) is 41.4 Å². The van der Waals surface area contributed by atoms with Crippen molar-refractivity contribution in [2.75, 3.05) is 39.4 Å². The number of hydrogen-bond acceptors (Lipinski definition) is 5. The summed E-state index contributed by atoms with van der Waals surface area (Å²) in [6, 6.07) is 17.1. The van der Waals surface area contributed by atoms with E-state index in [1.807, 2.05) is 9.58 Å². The predicted octanol–water partition coefficient (Wildman–Crippen LogP) is 4.21. The summed E-state index contributed by atoms with van der Waals surface area (Å²) < 4.78 is 7.44. The number of fused-ring (bicyclic) bond motifs is 3. The summed E-state index contributed by atoms with van der Waals surface area (Å²) in [5, 5.41) is 4.93. The normalized spacial score (nSPS) is 18.2. The maximum absolute atomic E-state index is 13.5. The van der Waals surface area contributed by atoms with Gasteiger partial charge >= 0.3 is 0 Å². The Morgan fingerprint density at radius 1 is 0.970 bits per heavy atom. The number of nitrogens with zero attached hydrogens (tertiary/aromatic N) is 4. The molecule has 3 aliphatic heterocycles. The molecule has 0 saturated carbocycles. The third kappa shape index (κ3) is 3.98. The van der Waals surface area contributed by atoms with Gasteiger partial charge in [-0.3, -0.25) is 9.69 Å². The van der Waals surface area contributed by atoms with Crippen LogP contribution in [0, 0.1) is 0 Å². The number of morpholine rings is 1. The minimum Gasteiger partial charge on any atom is -0.378 e. The zero-order valence-corrected chi connectivity index (χ0v) is 19.5. The van der Waals surface area contributed by atoms with Crippen molar-refractivity contribution in [2.45, 2.75) is 30.0 Å². The van der Waals surface area contributed by atoms with Crippen LogP contribution in [-0.2, 0) is 17.0 Å². The van der Waals surface area contributed by atoms with E-state index in [1.165, 1.54) is 36.4 Å². The van der Waals surface area contributed by atoms with Gasteiger partial charge in [-0.25, -0.2) is 4.68 Å². The molecule has 2 fully saturated rings. The molecule has 0 bridgehead atoms. The highest BCUT2D eigenvalue weighted by Crippen LogP contribution is 2.43. The molecule has 3 aromatic rings. The summed E-state index contributed by atoms with van der Waals surface area (Å²) in [6.07, 6.45) is 2.60. The summed E-state index contributed by atoms with van der Waals surface area (Å²) in [5.41, 5.74) is 6.14. The van der Waals surface area contributed by atoms with Gasteiger partial charge in [-0.2, -0.15) is 5.10 Å². The maximum atomic E-state index is 13.5. The van der Waals surface area contributed by atoms with E-state index < -0.39 is 0 Å². The fraction of sp³-hybridized carbons (Fsp3) is 0.385.